The lowest BCUT2D eigenvalue weighted by Crippen LogP contribution is -2.11. The Morgan fingerprint density at radius 2 is 0.941 bits per heavy atom. The highest BCUT2D eigenvalue weighted by molar-refractivity contribution is 6.29. The summed E-state index contributed by atoms with van der Waals surface area (Å²) in [5.41, 5.74) is 9.58. The fourth-order valence-electron chi connectivity index (χ4n) is 8.60. The molecule has 9 aromatic carbocycles. The zero-order valence-electron chi connectivity index (χ0n) is 30.1. The van der Waals surface area contributed by atoms with Crippen molar-refractivity contribution in [3.8, 4) is 22.3 Å². The van der Waals surface area contributed by atoms with E-state index in [1.165, 1.54) is 87.2 Å². The van der Waals surface area contributed by atoms with Gasteiger partial charge in [0.1, 0.15) is 11.2 Å². The highest BCUT2D eigenvalue weighted by atomic mass is 16.3. The Balaban J connectivity index is 1.40. The summed E-state index contributed by atoms with van der Waals surface area (Å²) in [6, 6.07) is 50.2. The SMILES string of the molecule is CC(C)(C)c1ccc2c(-c3ccc4ccc5cccc6ccc3c4c56)c3cc(C(C)(C)C)ccc3c(-c3ccc4oc5ccccc5c4c3)c2c1. The summed E-state index contributed by atoms with van der Waals surface area (Å²) in [6.07, 6.45) is 0. The molecule has 0 saturated heterocycles. The Morgan fingerprint density at radius 1 is 0.373 bits per heavy atom. The first-order valence-corrected chi connectivity index (χ1v) is 18.2. The highest BCUT2D eigenvalue weighted by Gasteiger charge is 2.24. The van der Waals surface area contributed by atoms with Crippen LogP contribution in [0.3, 0.4) is 0 Å². The Morgan fingerprint density at radius 3 is 1.65 bits per heavy atom. The summed E-state index contributed by atoms with van der Waals surface area (Å²) in [5.74, 6) is 0. The van der Waals surface area contributed by atoms with E-state index in [2.05, 4.69) is 169 Å². The van der Waals surface area contributed by atoms with Crippen molar-refractivity contribution in [2.45, 2.75) is 52.4 Å². The molecule has 0 saturated carbocycles. The zero-order valence-corrected chi connectivity index (χ0v) is 30.1. The number of rotatable bonds is 2. The van der Waals surface area contributed by atoms with Crippen LogP contribution >= 0.6 is 0 Å². The number of fused-ring (bicyclic) bond motifs is 5. The Kier molecular flexibility index (Phi) is 6.18. The van der Waals surface area contributed by atoms with Crippen LogP contribution in [0.4, 0.5) is 0 Å². The first-order valence-electron chi connectivity index (χ1n) is 18.2. The van der Waals surface area contributed by atoms with Gasteiger partial charge in [-0.15, -0.1) is 0 Å². The zero-order chi connectivity index (χ0) is 34.8. The standard InChI is InChI=1S/C50H40O/c1-49(2,3)33-20-24-39-41(27-33)46(32-18-25-44-40(26-32)35-12-7-8-13-43(35)51-44)38-23-19-34(50(4,5)6)28-42(38)48(39)37-22-17-31-15-14-29-10-9-11-30-16-21-36(37)47(31)45(29)30/h7-28H,1-6H3. The predicted molar refractivity (Wildman–Crippen MR) is 221 cm³/mol. The average molecular weight is 657 g/mol. The molecule has 1 nitrogen and oxygen atoms in total. The smallest absolute Gasteiger partial charge is 0.135 e. The first kappa shape index (κ1) is 30.2. The summed E-state index contributed by atoms with van der Waals surface area (Å²) in [4.78, 5) is 0. The second-order valence-corrected chi connectivity index (χ2v) is 16.5. The van der Waals surface area contributed by atoms with Crippen molar-refractivity contribution in [1.82, 2.24) is 0 Å². The molecule has 246 valence electrons. The fourth-order valence-corrected chi connectivity index (χ4v) is 8.60. The fraction of sp³-hybridized carbons (Fsp3) is 0.160. The third kappa shape index (κ3) is 4.47. The van der Waals surface area contributed by atoms with E-state index in [4.69, 9.17) is 4.42 Å². The number of hydrogen-bond acceptors (Lipinski definition) is 1. The maximum Gasteiger partial charge on any atom is 0.135 e. The quantitative estimate of drug-likeness (QED) is 0.133. The minimum Gasteiger partial charge on any atom is -0.456 e. The predicted octanol–water partition coefficient (Wildman–Crippen LogP) is 14.7. The summed E-state index contributed by atoms with van der Waals surface area (Å²) in [6.45, 7) is 13.9. The Hall–Kier alpha value is -5.66. The molecule has 10 aromatic rings. The van der Waals surface area contributed by atoms with E-state index in [1.807, 2.05) is 6.07 Å². The molecule has 1 heteroatoms. The second-order valence-electron chi connectivity index (χ2n) is 16.5. The lowest BCUT2D eigenvalue weighted by molar-refractivity contribution is 0.590. The van der Waals surface area contributed by atoms with Crippen LogP contribution in [0.15, 0.2) is 138 Å². The molecule has 0 fully saturated rings. The van der Waals surface area contributed by atoms with Crippen LogP contribution in [-0.2, 0) is 10.8 Å². The van der Waals surface area contributed by atoms with Crippen LogP contribution in [-0.4, -0.2) is 0 Å². The molecule has 0 aliphatic carbocycles. The van der Waals surface area contributed by atoms with Gasteiger partial charge in [-0.3, -0.25) is 0 Å². The lowest BCUT2D eigenvalue weighted by Gasteiger charge is -2.25. The number of furan rings is 1. The van der Waals surface area contributed by atoms with Crippen LogP contribution in [0.25, 0.3) is 98.1 Å². The van der Waals surface area contributed by atoms with Crippen LogP contribution in [0.2, 0.25) is 0 Å². The molecule has 0 radical (unpaired) electrons. The lowest BCUT2D eigenvalue weighted by atomic mass is 9.78. The van der Waals surface area contributed by atoms with Crippen molar-refractivity contribution < 1.29 is 4.42 Å². The van der Waals surface area contributed by atoms with Crippen LogP contribution in [0.1, 0.15) is 52.7 Å². The van der Waals surface area contributed by atoms with Crippen molar-refractivity contribution in [2.75, 3.05) is 0 Å². The number of benzene rings is 9. The van der Waals surface area contributed by atoms with Gasteiger partial charge in [0.25, 0.3) is 0 Å². The van der Waals surface area contributed by atoms with Gasteiger partial charge >= 0.3 is 0 Å². The monoisotopic (exact) mass is 656 g/mol. The first-order chi connectivity index (χ1) is 24.5. The maximum atomic E-state index is 6.30. The van der Waals surface area contributed by atoms with Gasteiger partial charge in [-0.1, -0.05) is 145 Å². The molecule has 1 heterocycles. The topological polar surface area (TPSA) is 13.1 Å². The van der Waals surface area contributed by atoms with E-state index in [1.54, 1.807) is 0 Å². The molecule has 0 bridgehead atoms. The van der Waals surface area contributed by atoms with Gasteiger partial charge < -0.3 is 4.42 Å². The molecule has 0 N–H and O–H groups in total. The molecule has 0 unspecified atom stereocenters. The normalized spacial score (nSPS) is 12.9. The molecule has 0 aliphatic rings. The van der Waals surface area contributed by atoms with E-state index in [0.29, 0.717) is 0 Å². The number of hydrogen-bond donors (Lipinski definition) is 0. The minimum absolute atomic E-state index is 0.00557. The van der Waals surface area contributed by atoms with Gasteiger partial charge in [-0.25, -0.2) is 0 Å². The summed E-state index contributed by atoms with van der Waals surface area (Å²) in [5, 5.41) is 15.3. The molecule has 0 amide bonds. The van der Waals surface area contributed by atoms with E-state index >= 15 is 0 Å². The van der Waals surface area contributed by atoms with Crippen LogP contribution in [0.5, 0.6) is 0 Å². The van der Waals surface area contributed by atoms with Crippen LogP contribution in [0, 0.1) is 0 Å². The summed E-state index contributed by atoms with van der Waals surface area (Å²) >= 11 is 0. The highest BCUT2D eigenvalue weighted by Crippen LogP contribution is 2.49. The van der Waals surface area contributed by atoms with Crippen molar-refractivity contribution in [3.05, 3.63) is 145 Å². The van der Waals surface area contributed by atoms with Crippen LogP contribution < -0.4 is 0 Å². The maximum absolute atomic E-state index is 6.30. The third-order valence-corrected chi connectivity index (χ3v) is 11.3. The molecule has 51 heavy (non-hydrogen) atoms. The summed E-state index contributed by atoms with van der Waals surface area (Å²) in [7, 11) is 0. The van der Waals surface area contributed by atoms with Gasteiger partial charge in [0.2, 0.25) is 0 Å². The second kappa shape index (κ2) is 10.4. The van der Waals surface area contributed by atoms with E-state index in [-0.39, 0.29) is 10.8 Å². The average Bonchev–Trinajstić information content (AvgIpc) is 3.50. The summed E-state index contributed by atoms with van der Waals surface area (Å²) < 4.78 is 6.30. The molecular formula is C50H40O. The van der Waals surface area contributed by atoms with Gasteiger partial charge in [0, 0.05) is 10.8 Å². The van der Waals surface area contributed by atoms with Crippen molar-refractivity contribution in [3.63, 3.8) is 0 Å². The largest absolute Gasteiger partial charge is 0.456 e. The van der Waals surface area contributed by atoms with Gasteiger partial charge in [0.15, 0.2) is 0 Å². The molecule has 1 aromatic heterocycles. The molecular weight excluding hydrogens is 617 g/mol. The van der Waals surface area contributed by atoms with Crippen molar-refractivity contribution in [2.24, 2.45) is 0 Å². The Labute approximate surface area is 298 Å². The van der Waals surface area contributed by atoms with E-state index in [0.717, 1.165) is 21.9 Å². The van der Waals surface area contributed by atoms with Crippen molar-refractivity contribution >= 4 is 75.8 Å². The molecule has 0 atom stereocenters. The van der Waals surface area contributed by atoms with E-state index < -0.39 is 0 Å². The van der Waals surface area contributed by atoms with Crippen molar-refractivity contribution in [1.29, 1.82) is 0 Å². The minimum atomic E-state index is -0.00600. The third-order valence-electron chi connectivity index (χ3n) is 11.3. The number of para-hydroxylation sites is 1. The van der Waals surface area contributed by atoms with Gasteiger partial charge in [-0.05, 0) is 128 Å². The Bertz CT molecular complexity index is 3010. The van der Waals surface area contributed by atoms with Gasteiger partial charge in [0.05, 0.1) is 0 Å². The molecule has 0 spiro atoms. The molecule has 10 rings (SSSR count). The molecule has 0 aliphatic heterocycles. The van der Waals surface area contributed by atoms with E-state index in [9.17, 15) is 0 Å². The van der Waals surface area contributed by atoms with Gasteiger partial charge in [-0.2, -0.15) is 0 Å².